The van der Waals surface area contributed by atoms with Crippen LogP contribution in [-0.4, -0.2) is 60.0 Å². The van der Waals surface area contributed by atoms with E-state index in [1.54, 1.807) is 0 Å². The van der Waals surface area contributed by atoms with E-state index in [1.807, 2.05) is 7.05 Å². The molecular formula is C16H28N4OS. The molecule has 3 rings (SSSR count). The molecule has 2 aliphatic carbocycles. The van der Waals surface area contributed by atoms with E-state index in [4.69, 9.17) is 0 Å². The van der Waals surface area contributed by atoms with E-state index in [0.717, 1.165) is 37.6 Å². The summed E-state index contributed by atoms with van der Waals surface area (Å²) in [5.74, 6) is 2.13. The summed E-state index contributed by atoms with van der Waals surface area (Å²) in [5, 5.41) is 6.26. The lowest BCUT2D eigenvalue weighted by Gasteiger charge is -2.45. The summed E-state index contributed by atoms with van der Waals surface area (Å²) in [7, 11) is 1.82. The molecule has 0 atom stereocenters. The zero-order valence-electron chi connectivity index (χ0n) is 13.6. The van der Waals surface area contributed by atoms with Crippen molar-refractivity contribution in [3.8, 4) is 0 Å². The minimum absolute atomic E-state index is 0.0856. The Labute approximate surface area is 137 Å². The standard InChI is InChI=1S/C16H28N4OS/c1-17-15(18-11-14(21)19-13-5-6-13)20-9-10-22-16(12-20)7-3-2-4-8-16/h13H,2-12H2,1H3,(H,17,18)(H,19,21). The average molecular weight is 324 g/mol. The zero-order valence-corrected chi connectivity index (χ0v) is 14.4. The molecule has 2 N–H and O–H groups in total. The number of aliphatic imine (C=N–C) groups is 1. The lowest BCUT2D eigenvalue weighted by molar-refractivity contribution is -0.120. The molecule has 124 valence electrons. The molecule has 1 amide bonds. The topological polar surface area (TPSA) is 56.7 Å². The summed E-state index contributed by atoms with van der Waals surface area (Å²) in [4.78, 5) is 18.6. The molecule has 3 aliphatic rings. The average Bonchev–Trinajstić information content (AvgIpc) is 3.33. The van der Waals surface area contributed by atoms with Crippen LogP contribution in [0.1, 0.15) is 44.9 Å². The molecule has 0 unspecified atom stereocenters. The van der Waals surface area contributed by atoms with E-state index < -0.39 is 0 Å². The Morgan fingerprint density at radius 2 is 2.09 bits per heavy atom. The van der Waals surface area contributed by atoms with Crippen LogP contribution in [0.2, 0.25) is 0 Å². The van der Waals surface area contributed by atoms with Crippen LogP contribution in [0.5, 0.6) is 0 Å². The van der Waals surface area contributed by atoms with Crippen molar-refractivity contribution >= 4 is 23.6 Å². The Morgan fingerprint density at radius 3 is 2.77 bits per heavy atom. The fourth-order valence-corrected chi connectivity index (χ4v) is 5.09. The number of thioether (sulfide) groups is 1. The van der Waals surface area contributed by atoms with Gasteiger partial charge in [-0.05, 0) is 25.7 Å². The lowest BCUT2D eigenvalue weighted by Crippen LogP contribution is -2.54. The van der Waals surface area contributed by atoms with Gasteiger partial charge in [-0.25, -0.2) is 0 Å². The Bertz CT molecular complexity index is 424. The van der Waals surface area contributed by atoms with E-state index in [1.165, 1.54) is 32.1 Å². The summed E-state index contributed by atoms with van der Waals surface area (Å²) < 4.78 is 0.421. The summed E-state index contributed by atoms with van der Waals surface area (Å²) in [6.45, 7) is 2.43. The largest absolute Gasteiger partial charge is 0.352 e. The van der Waals surface area contributed by atoms with Gasteiger partial charge in [0.15, 0.2) is 5.96 Å². The van der Waals surface area contributed by atoms with Gasteiger partial charge < -0.3 is 15.5 Å². The summed E-state index contributed by atoms with van der Waals surface area (Å²) in [6.07, 6.45) is 9.02. The molecule has 3 fully saturated rings. The maximum Gasteiger partial charge on any atom is 0.239 e. The first-order chi connectivity index (χ1) is 10.7. The Kier molecular flexibility index (Phi) is 5.16. The molecule has 0 radical (unpaired) electrons. The Morgan fingerprint density at radius 1 is 1.32 bits per heavy atom. The molecule has 0 bridgehead atoms. The van der Waals surface area contributed by atoms with Crippen molar-refractivity contribution in [1.82, 2.24) is 15.5 Å². The van der Waals surface area contributed by atoms with E-state index in [2.05, 4.69) is 32.3 Å². The second-order valence-corrected chi connectivity index (χ2v) is 8.32. The fourth-order valence-electron chi connectivity index (χ4n) is 3.52. The van der Waals surface area contributed by atoms with Crippen LogP contribution in [0, 0.1) is 0 Å². The summed E-state index contributed by atoms with van der Waals surface area (Å²) >= 11 is 2.16. The third-order valence-corrected chi connectivity index (χ3v) is 6.41. The van der Waals surface area contributed by atoms with E-state index >= 15 is 0 Å². The number of guanidine groups is 1. The molecular weight excluding hydrogens is 296 g/mol. The number of hydrogen-bond acceptors (Lipinski definition) is 3. The summed E-state index contributed by atoms with van der Waals surface area (Å²) in [5.41, 5.74) is 0. The molecule has 5 nitrogen and oxygen atoms in total. The zero-order chi connectivity index (χ0) is 15.4. The number of carbonyl (C=O) groups is 1. The highest BCUT2D eigenvalue weighted by Gasteiger charge is 2.38. The smallest absolute Gasteiger partial charge is 0.239 e. The van der Waals surface area contributed by atoms with Gasteiger partial charge in [0.25, 0.3) is 0 Å². The Balaban J connectivity index is 1.52. The molecule has 0 aromatic heterocycles. The first-order valence-corrected chi connectivity index (χ1v) is 9.58. The predicted molar refractivity (Wildman–Crippen MR) is 92.4 cm³/mol. The number of hydrogen-bond donors (Lipinski definition) is 2. The Hall–Kier alpha value is -0.910. The molecule has 6 heteroatoms. The lowest BCUT2D eigenvalue weighted by atomic mass is 9.87. The normalized spacial score (nSPS) is 25.1. The molecule has 0 aromatic rings. The van der Waals surface area contributed by atoms with Crippen molar-refractivity contribution in [3.63, 3.8) is 0 Å². The van der Waals surface area contributed by atoms with Crippen molar-refractivity contribution in [2.24, 2.45) is 4.99 Å². The third kappa shape index (κ3) is 4.09. The predicted octanol–water partition coefficient (Wildman–Crippen LogP) is 1.59. The van der Waals surface area contributed by atoms with Crippen molar-refractivity contribution in [3.05, 3.63) is 0 Å². The van der Waals surface area contributed by atoms with Gasteiger partial charge in [0.2, 0.25) is 5.91 Å². The minimum Gasteiger partial charge on any atom is -0.352 e. The van der Waals surface area contributed by atoms with Crippen LogP contribution in [-0.2, 0) is 4.79 Å². The molecule has 2 saturated carbocycles. The van der Waals surface area contributed by atoms with Gasteiger partial charge in [0.1, 0.15) is 0 Å². The maximum absolute atomic E-state index is 11.8. The highest BCUT2D eigenvalue weighted by molar-refractivity contribution is 8.00. The third-order valence-electron chi connectivity index (χ3n) is 4.87. The molecule has 1 spiro atoms. The number of rotatable bonds is 3. The maximum atomic E-state index is 11.8. The minimum atomic E-state index is 0.0856. The molecule has 1 heterocycles. The van der Waals surface area contributed by atoms with Gasteiger partial charge in [-0.15, -0.1) is 0 Å². The highest BCUT2D eigenvalue weighted by Crippen LogP contribution is 2.42. The SMILES string of the molecule is CN=C(NCC(=O)NC1CC1)N1CCSC2(CCCCC2)C1. The van der Waals surface area contributed by atoms with Crippen molar-refractivity contribution in [1.29, 1.82) is 0 Å². The first-order valence-electron chi connectivity index (χ1n) is 8.60. The van der Waals surface area contributed by atoms with Gasteiger partial charge in [-0.1, -0.05) is 19.3 Å². The van der Waals surface area contributed by atoms with Crippen molar-refractivity contribution in [2.75, 3.05) is 32.4 Å². The van der Waals surface area contributed by atoms with Crippen LogP contribution in [0.25, 0.3) is 0 Å². The fraction of sp³-hybridized carbons (Fsp3) is 0.875. The second-order valence-electron chi connectivity index (χ2n) is 6.76. The highest BCUT2D eigenvalue weighted by atomic mass is 32.2. The monoisotopic (exact) mass is 324 g/mol. The number of nitrogens with one attached hydrogen (secondary N) is 2. The summed E-state index contributed by atoms with van der Waals surface area (Å²) in [6, 6.07) is 0.424. The molecule has 0 aromatic carbocycles. The number of nitrogens with zero attached hydrogens (tertiary/aromatic N) is 2. The first kappa shape index (κ1) is 16.0. The molecule has 22 heavy (non-hydrogen) atoms. The van der Waals surface area contributed by atoms with E-state index in [9.17, 15) is 4.79 Å². The van der Waals surface area contributed by atoms with Gasteiger partial charge in [-0.2, -0.15) is 11.8 Å². The second kappa shape index (κ2) is 7.11. The van der Waals surface area contributed by atoms with Gasteiger partial charge in [0.05, 0.1) is 6.54 Å². The van der Waals surface area contributed by atoms with E-state index in [0.29, 0.717) is 17.3 Å². The quantitative estimate of drug-likeness (QED) is 0.611. The van der Waals surface area contributed by atoms with Gasteiger partial charge >= 0.3 is 0 Å². The van der Waals surface area contributed by atoms with Gasteiger partial charge in [0, 0.05) is 36.7 Å². The van der Waals surface area contributed by atoms with Crippen molar-refractivity contribution < 1.29 is 4.79 Å². The van der Waals surface area contributed by atoms with Crippen LogP contribution >= 0.6 is 11.8 Å². The van der Waals surface area contributed by atoms with Crippen LogP contribution in [0.15, 0.2) is 4.99 Å². The van der Waals surface area contributed by atoms with Crippen LogP contribution in [0.4, 0.5) is 0 Å². The van der Waals surface area contributed by atoms with Gasteiger partial charge in [-0.3, -0.25) is 9.79 Å². The van der Waals surface area contributed by atoms with Crippen LogP contribution < -0.4 is 10.6 Å². The van der Waals surface area contributed by atoms with Crippen molar-refractivity contribution in [2.45, 2.75) is 55.7 Å². The molecule has 1 aliphatic heterocycles. The number of amides is 1. The van der Waals surface area contributed by atoms with Crippen LogP contribution in [0.3, 0.4) is 0 Å². The number of carbonyl (C=O) groups excluding carboxylic acids is 1. The molecule has 1 saturated heterocycles. The van der Waals surface area contributed by atoms with E-state index in [-0.39, 0.29) is 5.91 Å².